The number of phenols is 1. The summed E-state index contributed by atoms with van der Waals surface area (Å²) in [5.41, 5.74) is -0.368. The molecule has 2 bridgehead atoms. The number of nitrogens with zero attached hydrogens (tertiary/aromatic N) is 1. The number of hydrogen-bond donors (Lipinski definition) is 5. The zero-order valence-corrected chi connectivity index (χ0v) is 19.4. The molecule has 0 amide bonds. The second-order valence-electron chi connectivity index (χ2n) is 9.85. The van der Waals surface area contributed by atoms with Crippen LogP contribution in [0.5, 0.6) is 11.5 Å². The molecule has 1 fully saturated rings. The van der Waals surface area contributed by atoms with Crippen LogP contribution in [0.3, 0.4) is 0 Å². The monoisotopic (exact) mass is 491 g/mol. The molecule has 5 N–H and O–H groups in total. The highest BCUT2D eigenvalue weighted by molar-refractivity contribution is 5.76. The first-order valence-electron chi connectivity index (χ1n) is 11.6. The molecule has 35 heavy (non-hydrogen) atoms. The molecule has 0 radical (unpaired) electrons. The molecule has 1 saturated heterocycles. The number of hydrogen-bond acceptors (Lipinski definition) is 10. The van der Waals surface area contributed by atoms with Gasteiger partial charge in [-0.1, -0.05) is 6.07 Å². The molecule has 1 unspecified atom stereocenters. The molecule has 0 aromatic heterocycles. The summed E-state index contributed by atoms with van der Waals surface area (Å²) < 4.78 is 17.0. The van der Waals surface area contributed by atoms with E-state index in [-0.39, 0.29) is 24.0 Å². The Morgan fingerprint density at radius 3 is 2.77 bits per heavy atom. The average molecular weight is 491 g/mol. The van der Waals surface area contributed by atoms with Crippen molar-refractivity contribution >= 4 is 11.9 Å². The Balaban J connectivity index is 1.42. The van der Waals surface area contributed by atoms with Gasteiger partial charge in [-0.15, -0.1) is 0 Å². The second kappa shape index (κ2) is 8.17. The van der Waals surface area contributed by atoms with Crippen molar-refractivity contribution in [3.8, 4) is 11.5 Å². The summed E-state index contributed by atoms with van der Waals surface area (Å²) in [5.74, 6) is -1.95. The Morgan fingerprint density at radius 1 is 1.31 bits per heavy atom. The number of likely N-dealkylation sites (tertiary alicyclic amines) is 1. The minimum Gasteiger partial charge on any atom is -0.504 e. The summed E-state index contributed by atoms with van der Waals surface area (Å²) in [5, 5.41) is 50.6. The molecule has 4 aliphatic rings. The van der Waals surface area contributed by atoms with Gasteiger partial charge in [0.25, 0.3) is 0 Å². The predicted molar refractivity (Wildman–Crippen MR) is 117 cm³/mol. The lowest BCUT2D eigenvalue weighted by Gasteiger charge is -2.61. The summed E-state index contributed by atoms with van der Waals surface area (Å²) in [6, 6.07) is 3.23. The molecular weight excluding hydrogens is 462 g/mol. The van der Waals surface area contributed by atoms with E-state index in [1.54, 1.807) is 12.1 Å². The summed E-state index contributed by atoms with van der Waals surface area (Å²) in [7, 11) is 1.97. The molecule has 0 saturated carbocycles. The van der Waals surface area contributed by atoms with E-state index in [1.165, 1.54) is 6.92 Å². The topological polar surface area (TPSA) is 166 Å². The molecule has 1 aromatic rings. The Morgan fingerprint density at radius 2 is 2.06 bits per heavy atom. The Kier molecular flexibility index (Phi) is 5.61. The van der Waals surface area contributed by atoms with Crippen LogP contribution in [0.2, 0.25) is 0 Å². The molecule has 190 valence electrons. The number of carboxylic acids is 1. The van der Waals surface area contributed by atoms with Crippen molar-refractivity contribution in [3.63, 3.8) is 0 Å². The highest BCUT2D eigenvalue weighted by atomic mass is 16.6. The maximum Gasteiger partial charge on any atom is 0.340 e. The fourth-order valence-electron chi connectivity index (χ4n) is 6.28. The van der Waals surface area contributed by atoms with Crippen molar-refractivity contribution in [1.29, 1.82) is 0 Å². The predicted octanol–water partition coefficient (Wildman–Crippen LogP) is -0.228. The van der Waals surface area contributed by atoms with Crippen LogP contribution < -0.4 is 4.74 Å². The van der Waals surface area contributed by atoms with Gasteiger partial charge in [0.2, 0.25) is 0 Å². The molecule has 2 aliphatic carbocycles. The average Bonchev–Trinajstić information content (AvgIpc) is 3.15. The molecule has 1 spiro atoms. The number of benzene rings is 1. The summed E-state index contributed by atoms with van der Waals surface area (Å²) in [6.07, 6.45) is -3.35. The van der Waals surface area contributed by atoms with Gasteiger partial charge in [-0.2, -0.15) is 0 Å². The normalized spacial score (nSPS) is 33.1. The number of esters is 1. The number of phenolic OH excluding ortho intramolecular Hbond substituents is 1. The second-order valence-corrected chi connectivity index (χ2v) is 9.85. The first-order chi connectivity index (χ1) is 16.5. The van der Waals surface area contributed by atoms with E-state index < -0.39 is 54.0 Å². The number of carbonyl (C=O) groups is 2. The van der Waals surface area contributed by atoms with E-state index in [1.807, 2.05) is 13.1 Å². The smallest absolute Gasteiger partial charge is 0.340 e. The van der Waals surface area contributed by atoms with Crippen LogP contribution in [0, 0.1) is 0 Å². The van der Waals surface area contributed by atoms with Gasteiger partial charge in [-0.25, -0.2) is 9.59 Å². The first-order valence-corrected chi connectivity index (χ1v) is 11.6. The maximum absolute atomic E-state index is 12.8. The number of rotatable bonds is 7. The lowest BCUT2D eigenvalue weighted by atomic mass is 9.50. The van der Waals surface area contributed by atoms with Crippen molar-refractivity contribution in [2.75, 3.05) is 13.6 Å². The number of ether oxygens (including phenoxy) is 3. The molecule has 11 heteroatoms. The zero-order chi connectivity index (χ0) is 25.3. The van der Waals surface area contributed by atoms with Crippen LogP contribution in [0.25, 0.3) is 0 Å². The van der Waals surface area contributed by atoms with Gasteiger partial charge < -0.3 is 44.6 Å². The number of aliphatic hydroxyl groups excluding tert-OH is 2. The number of aliphatic carboxylic acids is 1. The van der Waals surface area contributed by atoms with E-state index in [2.05, 4.69) is 4.90 Å². The van der Waals surface area contributed by atoms with Crippen molar-refractivity contribution in [3.05, 3.63) is 35.1 Å². The summed E-state index contributed by atoms with van der Waals surface area (Å²) in [6.45, 7) is 2.01. The number of carbonyl (C=O) groups excluding carboxylic acids is 1. The van der Waals surface area contributed by atoms with Crippen molar-refractivity contribution in [2.45, 2.75) is 74.3 Å². The third-order valence-electron chi connectivity index (χ3n) is 7.97. The largest absolute Gasteiger partial charge is 0.504 e. The number of carboxylic acid groups (broad SMARTS) is 1. The number of aromatic hydroxyl groups is 1. The fourth-order valence-corrected chi connectivity index (χ4v) is 6.28. The molecule has 11 nitrogen and oxygen atoms in total. The summed E-state index contributed by atoms with van der Waals surface area (Å²) in [4.78, 5) is 25.7. The van der Waals surface area contributed by atoms with Crippen LogP contribution >= 0.6 is 0 Å². The Bertz CT molecular complexity index is 1100. The van der Waals surface area contributed by atoms with Crippen LogP contribution in [-0.4, -0.2) is 92.2 Å². The minimum absolute atomic E-state index is 0.0465. The molecule has 2 heterocycles. The standard InChI is InChI=1S/C24H29NO10/c1-11(33-17(28)10-14(27)21(29)30)22(31)34-15-5-6-24(32)16-9-12-3-4-13(26)19-18(12)23(24,20(15)35-19)7-8-25(16)2/h3-5,11,14,16-17,20,26-28,32H,6-10H2,1-2H3,(H,29,30)/t11-,14-,16+,17?,20-,23-,24+/m0/s1. The molecule has 7 atom stereocenters. The van der Waals surface area contributed by atoms with Gasteiger partial charge in [-0.3, -0.25) is 0 Å². The molecule has 5 rings (SSSR count). The van der Waals surface area contributed by atoms with Gasteiger partial charge >= 0.3 is 11.9 Å². The van der Waals surface area contributed by atoms with Crippen LogP contribution in [0.1, 0.15) is 37.3 Å². The Labute approximate surface area is 201 Å². The van der Waals surface area contributed by atoms with Crippen LogP contribution in [0.15, 0.2) is 24.0 Å². The minimum atomic E-state index is -1.85. The van der Waals surface area contributed by atoms with Gasteiger partial charge in [0.1, 0.15) is 5.76 Å². The van der Waals surface area contributed by atoms with Crippen LogP contribution in [0.4, 0.5) is 0 Å². The van der Waals surface area contributed by atoms with E-state index in [4.69, 9.17) is 19.3 Å². The van der Waals surface area contributed by atoms with E-state index in [9.17, 15) is 30.0 Å². The van der Waals surface area contributed by atoms with Crippen LogP contribution in [-0.2, 0) is 30.9 Å². The van der Waals surface area contributed by atoms with Gasteiger partial charge in [0.05, 0.1) is 11.0 Å². The zero-order valence-electron chi connectivity index (χ0n) is 19.4. The van der Waals surface area contributed by atoms with E-state index in [0.29, 0.717) is 25.1 Å². The number of aliphatic hydroxyl groups is 3. The number of likely N-dealkylation sites (N-methyl/N-ethyl adjacent to an activating group) is 1. The molecular formula is C24H29NO10. The van der Waals surface area contributed by atoms with E-state index >= 15 is 0 Å². The third-order valence-corrected chi connectivity index (χ3v) is 7.97. The number of piperidine rings is 1. The van der Waals surface area contributed by atoms with Crippen molar-refractivity contribution in [2.24, 2.45) is 0 Å². The Hall–Kier alpha value is -2.70. The molecule has 2 aliphatic heterocycles. The fraction of sp³-hybridized carbons (Fsp3) is 0.583. The molecule has 1 aromatic carbocycles. The van der Waals surface area contributed by atoms with E-state index in [0.717, 1.165) is 11.1 Å². The highest BCUT2D eigenvalue weighted by Gasteiger charge is 2.72. The van der Waals surface area contributed by atoms with Crippen molar-refractivity contribution < 1.29 is 49.3 Å². The third kappa shape index (κ3) is 3.37. The van der Waals surface area contributed by atoms with Gasteiger partial charge in [-0.05, 0) is 51.1 Å². The maximum atomic E-state index is 12.8. The van der Waals surface area contributed by atoms with Gasteiger partial charge in [0, 0.05) is 24.4 Å². The first kappa shape index (κ1) is 24.0. The highest BCUT2D eigenvalue weighted by Crippen LogP contribution is 2.65. The summed E-state index contributed by atoms with van der Waals surface area (Å²) >= 11 is 0. The lowest BCUT2D eigenvalue weighted by Crippen LogP contribution is -2.74. The lowest BCUT2D eigenvalue weighted by molar-refractivity contribution is -0.188. The SMILES string of the molecule is C[C@H](OC(O)C[C@H](O)C(=O)O)C(=O)OC1=CC[C@@]2(O)[C@H]3Cc4ccc(O)c5c4[C@@]2(CCN3C)[C@H]1O5. The van der Waals surface area contributed by atoms with Gasteiger partial charge in [0.15, 0.2) is 36.1 Å². The van der Waals surface area contributed by atoms with Crippen molar-refractivity contribution in [1.82, 2.24) is 4.90 Å². The quantitative estimate of drug-likeness (QED) is 0.253.